The van der Waals surface area contributed by atoms with Gasteiger partial charge in [-0.2, -0.15) is 18.2 Å². The van der Waals surface area contributed by atoms with E-state index in [0.29, 0.717) is 17.8 Å². The van der Waals surface area contributed by atoms with Gasteiger partial charge in [0.15, 0.2) is 5.82 Å². The molecule has 2 aromatic rings. The second kappa shape index (κ2) is 6.00. The molecule has 1 heterocycles. The lowest BCUT2D eigenvalue weighted by molar-refractivity contribution is -0.165. The Labute approximate surface area is 123 Å². The number of nitrogens with zero attached hydrogens (tertiary/aromatic N) is 2. The Bertz CT molecular complexity index is 703. The molecule has 0 aliphatic rings. The normalized spacial score (nSPS) is 12.5. The predicted molar refractivity (Wildman–Crippen MR) is 70.8 cm³/mol. The average Bonchev–Trinajstić information content (AvgIpc) is 2.95. The third-order valence-corrected chi connectivity index (χ3v) is 2.76. The Balaban J connectivity index is 2.21. The Morgan fingerprint density at radius 3 is 2.45 bits per heavy atom. The van der Waals surface area contributed by atoms with E-state index in [1.54, 1.807) is 0 Å². The number of hydrogen-bond acceptors (Lipinski definition) is 5. The average molecular weight is 312 g/mol. The summed E-state index contributed by atoms with van der Waals surface area (Å²) in [6.45, 7) is 1.86. The van der Waals surface area contributed by atoms with Crippen LogP contribution in [0.3, 0.4) is 0 Å². The molecule has 0 amide bonds. The molecule has 0 atom stereocenters. The van der Waals surface area contributed by atoms with Gasteiger partial charge in [0, 0.05) is 23.6 Å². The second-order valence-corrected chi connectivity index (χ2v) is 4.34. The molecular formula is C14H11F3N2O3. The van der Waals surface area contributed by atoms with Crippen LogP contribution in [0.2, 0.25) is 0 Å². The number of aromatic nitrogens is 2. The number of rotatable bonds is 4. The van der Waals surface area contributed by atoms with Gasteiger partial charge in [-0.05, 0) is 12.1 Å². The summed E-state index contributed by atoms with van der Waals surface area (Å²) >= 11 is 0. The molecule has 0 aliphatic heterocycles. The van der Waals surface area contributed by atoms with E-state index < -0.39 is 17.7 Å². The number of allylic oxidation sites excluding steroid dienone is 1. The number of carbonyl (C=O) groups is 1. The lowest BCUT2D eigenvalue weighted by Gasteiger charge is -2.03. The first-order valence-electron chi connectivity index (χ1n) is 6.26. The number of hydrogen-bond donors (Lipinski definition) is 1. The molecule has 0 bridgehead atoms. The van der Waals surface area contributed by atoms with E-state index in [1.807, 2.05) is 6.92 Å². The molecule has 0 saturated heterocycles. The number of aliphatic hydroxyl groups excluding tert-OH is 1. The number of carbonyl (C=O) groups excluding carboxylic acids is 1. The van der Waals surface area contributed by atoms with E-state index in [9.17, 15) is 23.1 Å². The summed E-state index contributed by atoms with van der Waals surface area (Å²) < 4.78 is 41.4. The molecule has 0 unspecified atom stereocenters. The summed E-state index contributed by atoms with van der Waals surface area (Å²) in [6, 6.07) is 5.68. The Morgan fingerprint density at radius 2 is 1.95 bits per heavy atom. The molecule has 1 N–H and O–H groups in total. The van der Waals surface area contributed by atoms with Gasteiger partial charge >= 0.3 is 6.18 Å². The molecule has 5 nitrogen and oxygen atoms in total. The summed E-state index contributed by atoms with van der Waals surface area (Å²) in [4.78, 5) is 14.9. The van der Waals surface area contributed by atoms with Gasteiger partial charge in [0.25, 0.3) is 11.7 Å². The van der Waals surface area contributed by atoms with Crippen molar-refractivity contribution in [2.75, 3.05) is 0 Å². The van der Waals surface area contributed by atoms with Crippen LogP contribution < -0.4 is 0 Å². The van der Waals surface area contributed by atoms with Crippen LogP contribution >= 0.6 is 0 Å². The molecule has 1 aromatic heterocycles. The first-order valence-corrected chi connectivity index (χ1v) is 6.26. The van der Waals surface area contributed by atoms with Crippen LogP contribution in [-0.4, -0.2) is 27.2 Å². The fraction of sp³-hybridized carbons (Fsp3) is 0.214. The first-order chi connectivity index (χ1) is 10.3. The molecule has 8 heteroatoms. The monoisotopic (exact) mass is 312 g/mol. The highest BCUT2D eigenvalue weighted by atomic mass is 19.4. The van der Waals surface area contributed by atoms with Crippen molar-refractivity contribution in [1.29, 1.82) is 0 Å². The van der Waals surface area contributed by atoms with Gasteiger partial charge in [0.05, 0.1) is 0 Å². The molecular weight excluding hydrogens is 301 g/mol. The van der Waals surface area contributed by atoms with Gasteiger partial charge in [-0.3, -0.25) is 4.79 Å². The lowest BCUT2D eigenvalue weighted by Crippen LogP contribution is -2.20. The quantitative estimate of drug-likeness (QED) is 0.692. The largest absolute Gasteiger partial charge is 0.507 e. The summed E-state index contributed by atoms with van der Waals surface area (Å²) in [6.07, 6.45) is -4.28. The standard InChI is InChI=1S/C14H11F3N2O3/c1-2-12-18-13(22-19-12)9-5-3-8(4-6-9)10(20)7-11(21)14(15,16)17/h3-7,20H,2H2,1H3. The van der Waals surface area contributed by atoms with Crippen molar-refractivity contribution in [2.45, 2.75) is 19.5 Å². The highest BCUT2D eigenvalue weighted by Gasteiger charge is 2.37. The van der Waals surface area contributed by atoms with Crippen molar-refractivity contribution >= 4 is 11.5 Å². The van der Waals surface area contributed by atoms with Crippen LogP contribution in [0.4, 0.5) is 13.2 Å². The SMILES string of the molecule is CCc1noc(-c2ccc(C(O)=CC(=O)C(F)(F)F)cc2)n1. The van der Waals surface area contributed by atoms with Crippen LogP contribution in [0, 0.1) is 0 Å². The van der Waals surface area contributed by atoms with Crippen LogP contribution in [0.25, 0.3) is 17.2 Å². The maximum atomic E-state index is 12.1. The van der Waals surface area contributed by atoms with E-state index in [-0.39, 0.29) is 17.5 Å². The number of aliphatic hydroxyl groups is 1. The van der Waals surface area contributed by atoms with Crippen molar-refractivity contribution < 1.29 is 27.6 Å². The van der Waals surface area contributed by atoms with Gasteiger partial charge in [-0.1, -0.05) is 24.2 Å². The minimum absolute atomic E-state index is 0.0663. The summed E-state index contributed by atoms with van der Waals surface area (Å²) in [5.41, 5.74) is 0.613. The summed E-state index contributed by atoms with van der Waals surface area (Å²) in [5, 5.41) is 13.3. The topological polar surface area (TPSA) is 76.2 Å². The molecule has 0 saturated carbocycles. The van der Waals surface area contributed by atoms with Crippen LogP contribution in [0.5, 0.6) is 0 Å². The smallest absolute Gasteiger partial charge is 0.454 e. The van der Waals surface area contributed by atoms with Crippen LogP contribution in [0.1, 0.15) is 18.3 Å². The van der Waals surface area contributed by atoms with Gasteiger partial charge in [-0.25, -0.2) is 0 Å². The zero-order chi connectivity index (χ0) is 16.3. The molecule has 2 rings (SSSR count). The van der Waals surface area contributed by atoms with E-state index >= 15 is 0 Å². The molecule has 0 radical (unpaired) electrons. The van der Waals surface area contributed by atoms with Crippen LogP contribution in [-0.2, 0) is 11.2 Å². The minimum Gasteiger partial charge on any atom is -0.507 e. The molecule has 0 fully saturated rings. The fourth-order valence-electron chi connectivity index (χ4n) is 1.59. The van der Waals surface area contributed by atoms with Gasteiger partial charge in [0.2, 0.25) is 0 Å². The van der Waals surface area contributed by atoms with E-state index in [2.05, 4.69) is 10.1 Å². The van der Waals surface area contributed by atoms with Crippen molar-refractivity contribution in [1.82, 2.24) is 10.1 Å². The Morgan fingerprint density at radius 1 is 1.32 bits per heavy atom. The van der Waals surface area contributed by atoms with Gasteiger partial charge in [-0.15, -0.1) is 0 Å². The van der Waals surface area contributed by atoms with E-state index in [1.165, 1.54) is 24.3 Å². The highest BCUT2D eigenvalue weighted by molar-refractivity contribution is 5.99. The zero-order valence-corrected chi connectivity index (χ0v) is 11.4. The highest BCUT2D eigenvalue weighted by Crippen LogP contribution is 2.22. The lowest BCUT2D eigenvalue weighted by atomic mass is 10.1. The third-order valence-electron chi connectivity index (χ3n) is 2.76. The summed E-state index contributed by atoms with van der Waals surface area (Å²) in [7, 11) is 0. The molecule has 0 aliphatic carbocycles. The van der Waals surface area contributed by atoms with Gasteiger partial charge < -0.3 is 9.63 Å². The van der Waals surface area contributed by atoms with Crippen molar-refractivity contribution in [2.24, 2.45) is 0 Å². The van der Waals surface area contributed by atoms with E-state index in [4.69, 9.17) is 4.52 Å². The van der Waals surface area contributed by atoms with Crippen molar-refractivity contribution in [3.8, 4) is 11.5 Å². The maximum absolute atomic E-state index is 12.1. The minimum atomic E-state index is -5.02. The number of ketones is 1. The van der Waals surface area contributed by atoms with Crippen molar-refractivity contribution in [3.63, 3.8) is 0 Å². The predicted octanol–water partition coefficient (Wildman–Crippen LogP) is 3.33. The zero-order valence-electron chi connectivity index (χ0n) is 11.4. The molecule has 1 aromatic carbocycles. The number of aryl methyl sites for hydroxylation is 1. The van der Waals surface area contributed by atoms with Crippen molar-refractivity contribution in [3.05, 3.63) is 41.7 Å². The van der Waals surface area contributed by atoms with Gasteiger partial charge in [0.1, 0.15) is 5.76 Å². The first kappa shape index (κ1) is 15.7. The molecule has 0 spiro atoms. The number of halogens is 3. The third kappa shape index (κ3) is 3.51. The van der Waals surface area contributed by atoms with Crippen LogP contribution in [0.15, 0.2) is 34.9 Å². The second-order valence-electron chi connectivity index (χ2n) is 4.34. The number of alkyl halides is 3. The Hall–Kier alpha value is -2.64. The Kier molecular flexibility index (Phi) is 4.30. The summed E-state index contributed by atoms with van der Waals surface area (Å²) in [5.74, 6) is -2.11. The molecule has 22 heavy (non-hydrogen) atoms. The fourth-order valence-corrected chi connectivity index (χ4v) is 1.59. The number of benzene rings is 1. The van der Waals surface area contributed by atoms with E-state index in [0.717, 1.165) is 0 Å². The molecule has 116 valence electrons. The maximum Gasteiger partial charge on any atom is 0.454 e.